The maximum absolute atomic E-state index is 11.9. The highest BCUT2D eigenvalue weighted by atomic mass is 32.2. The second-order valence-electron chi connectivity index (χ2n) is 5.25. The van der Waals surface area contributed by atoms with Crippen molar-refractivity contribution in [1.82, 2.24) is 9.97 Å². The van der Waals surface area contributed by atoms with Gasteiger partial charge >= 0.3 is 0 Å². The molecule has 1 heterocycles. The summed E-state index contributed by atoms with van der Waals surface area (Å²) < 4.78 is 5.16. The summed E-state index contributed by atoms with van der Waals surface area (Å²) in [7, 11) is 1.63. The number of aromatic nitrogens is 2. The van der Waals surface area contributed by atoms with Gasteiger partial charge < -0.3 is 9.72 Å². The zero-order chi connectivity index (χ0) is 16.8. The lowest BCUT2D eigenvalue weighted by molar-refractivity contribution is 0.415. The summed E-state index contributed by atoms with van der Waals surface area (Å²) in [6.07, 6.45) is 0.933. The lowest BCUT2D eigenvalue weighted by Gasteiger charge is -2.06. The molecule has 0 unspecified atom stereocenters. The molecular formula is C19H18N2O2S. The third kappa shape index (κ3) is 4.26. The number of H-pyrrole nitrogens is 1. The maximum atomic E-state index is 11.9. The Morgan fingerprint density at radius 2 is 1.83 bits per heavy atom. The van der Waals surface area contributed by atoms with Gasteiger partial charge in [0.1, 0.15) is 5.75 Å². The van der Waals surface area contributed by atoms with Crippen molar-refractivity contribution in [3.63, 3.8) is 0 Å². The molecule has 0 spiro atoms. The van der Waals surface area contributed by atoms with Gasteiger partial charge in [0.15, 0.2) is 5.16 Å². The summed E-state index contributed by atoms with van der Waals surface area (Å²) in [5, 5.41) is 0.643. The largest absolute Gasteiger partial charge is 0.497 e. The normalized spacial score (nSPS) is 10.5. The van der Waals surface area contributed by atoms with E-state index >= 15 is 0 Å². The lowest BCUT2D eigenvalue weighted by atomic mass is 10.1. The summed E-state index contributed by atoms with van der Waals surface area (Å²) >= 11 is 1.55. The first-order valence-corrected chi connectivity index (χ1v) is 8.66. The van der Waals surface area contributed by atoms with Crippen LogP contribution in [-0.2, 0) is 6.42 Å². The van der Waals surface area contributed by atoms with Gasteiger partial charge in [0.2, 0.25) is 0 Å². The minimum absolute atomic E-state index is 0.141. The number of nitrogens with zero attached hydrogens (tertiary/aromatic N) is 1. The topological polar surface area (TPSA) is 55.0 Å². The SMILES string of the molecule is COc1ccc(-c2cc(=O)[nH]c(SCCc3ccccc3)n2)cc1. The van der Waals surface area contributed by atoms with Crippen LogP contribution in [0.15, 0.2) is 70.6 Å². The highest BCUT2D eigenvalue weighted by Gasteiger charge is 2.05. The number of thioether (sulfide) groups is 1. The van der Waals surface area contributed by atoms with Gasteiger partial charge in [0, 0.05) is 17.4 Å². The number of benzene rings is 2. The monoisotopic (exact) mass is 338 g/mol. The Bertz CT molecular complexity index is 845. The predicted molar refractivity (Wildman–Crippen MR) is 97.7 cm³/mol. The highest BCUT2D eigenvalue weighted by molar-refractivity contribution is 7.99. The molecule has 0 aliphatic heterocycles. The van der Waals surface area contributed by atoms with Gasteiger partial charge in [-0.15, -0.1) is 0 Å². The van der Waals surface area contributed by atoms with Gasteiger partial charge in [0.05, 0.1) is 12.8 Å². The van der Waals surface area contributed by atoms with Gasteiger partial charge in [-0.25, -0.2) is 4.98 Å². The number of aryl methyl sites for hydroxylation is 1. The molecule has 0 aliphatic carbocycles. The number of aromatic amines is 1. The average molecular weight is 338 g/mol. The van der Waals surface area contributed by atoms with E-state index in [9.17, 15) is 4.79 Å². The molecule has 3 aromatic rings. The second-order valence-corrected chi connectivity index (χ2v) is 6.33. The van der Waals surface area contributed by atoms with Gasteiger partial charge in [-0.05, 0) is 36.2 Å². The van der Waals surface area contributed by atoms with Crippen LogP contribution in [-0.4, -0.2) is 22.8 Å². The molecule has 0 bridgehead atoms. The van der Waals surface area contributed by atoms with E-state index in [1.54, 1.807) is 18.9 Å². The second kappa shape index (κ2) is 7.84. The van der Waals surface area contributed by atoms with Gasteiger partial charge in [0.25, 0.3) is 5.56 Å². The van der Waals surface area contributed by atoms with E-state index < -0.39 is 0 Å². The number of hydrogen-bond acceptors (Lipinski definition) is 4. The van der Waals surface area contributed by atoms with Crippen LogP contribution in [0, 0.1) is 0 Å². The third-order valence-electron chi connectivity index (χ3n) is 3.58. The molecule has 24 heavy (non-hydrogen) atoms. The van der Waals surface area contributed by atoms with Gasteiger partial charge in [-0.2, -0.15) is 0 Å². The van der Waals surface area contributed by atoms with Crippen molar-refractivity contribution in [2.75, 3.05) is 12.9 Å². The molecule has 0 radical (unpaired) electrons. The maximum Gasteiger partial charge on any atom is 0.252 e. The zero-order valence-corrected chi connectivity index (χ0v) is 14.2. The van der Waals surface area contributed by atoms with E-state index in [4.69, 9.17) is 4.74 Å². The molecule has 1 N–H and O–H groups in total. The average Bonchev–Trinajstić information content (AvgIpc) is 2.62. The van der Waals surface area contributed by atoms with E-state index in [0.29, 0.717) is 10.9 Å². The van der Waals surface area contributed by atoms with E-state index in [1.165, 1.54) is 11.6 Å². The number of ether oxygens (including phenoxy) is 1. The summed E-state index contributed by atoms with van der Waals surface area (Å²) in [6, 6.07) is 19.3. The summed E-state index contributed by atoms with van der Waals surface area (Å²) in [4.78, 5) is 19.3. The van der Waals surface area contributed by atoms with Crippen molar-refractivity contribution >= 4 is 11.8 Å². The fourth-order valence-corrected chi connectivity index (χ4v) is 3.19. The summed E-state index contributed by atoms with van der Waals surface area (Å²) in [5.41, 5.74) is 2.70. The van der Waals surface area contributed by atoms with Crippen molar-refractivity contribution in [3.05, 3.63) is 76.6 Å². The van der Waals surface area contributed by atoms with Crippen LogP contribution in [0.5, 0.6) is 5.75 Å². The Morgan fingerprint density at radius 1 is 1.08 bits per heavy atom. The molecule has 0 atom stereocenters. The van der Waals surface area contributed by atoms with Crippen LogP contribution in [0.1, 0.15) is 5.56 Å². The van der Waals surface area contributed by atoms with Crippen molar-refractivity contribution in [2.45, 2.75) is 11.6 Å². The molecule has 0 saturated heterocycles. The first-order valence-electron chi connectivity index (χ1n) is 7.67. The smallest absolute Gasteiger partial charge is 0.252 e. The molecule has 1 aromatic heterocycles. The quantitative estimate of drug-likeness (QED) is 0.549. The minimum atomic E-state index is -0.141. The molecule has 0 aliphatic rings. The minimum Gasteiger partial charge on any atom is -0.497 e. The van der Waals surface area contributed by atoms with Crippen molar-refractivity contribution < 1.29 is 4.74 Å². The van der Waals surface area contributed by atoms with E-state index in [1.807, 2.05) is 42.5 Å². The molecule has 4 nitrogen and oxygen atoms in total. The standard InChI is InChI=1S/C19H18N2O2S/c1-23-16-9-7-15(8-10-16)17-13-18(22)21-19(20-17)24-12-11-14-5-3-2-4-6-14/h2-10,13H,11-12H2,1H3,(H,20,21,22). The Labute approximate surface area is 144 Å². The fraction of sp³-hybridized carbons (Fsp3) is 0.158. The number of rotatable bonds is 6. The van der Waals surface area contributed by atoms with Crippen molar-refractivity contribution in [2.24, 2.45) is 0 Å². The molecule has 3 rings (SSSR count). The number of methoxy groups -OCH3 is 1. The molecule has 2 aromatic carbocycles. The van der Waals surface area contributed by atoms with Crippen LogP contribution >= 0.6 is 11.8 Å². The Kier molecular flexibility index (Phi) is 5.33. The lowest BCUT2D eigenvalue weighted by Crippen LogP contribution is -2.08. The molecule has 5 heteroatoms. The molecule has 0 fully saturated rings. The van der Waals surface area contributed by atoms with Crippen LogP contribution in [0.4, 0.5) is 0 Å². The highest BCUT2D eigenvalue weighted by Crippen LogP contribution is 2.22. The fourth-order valence-electron chi connectivity index (χ4n) is 2.32. The first-order chi connectivity index (χ1) is 11.7. The molecule has 0 amide bonds. The van der Waals surface area contributed by atoms with Crippen molar-refractivity contribution in [3.8, 4) is 17.0 Å². The van der Waals surface area contributed by atoms with E-state index in [-0.39, 0.29) is 5.56 Å². The number of hydrogen-bond donors (Lipinski definition) is 1. The van der Waals surface area contributed by atoms with E-state index in [0.717, 1.165) is 23.5 Å². The van der Waals surface area contributed by atoms with E-state index in [2.05, 4.69) is 22.1 Å². The Morgan fingerprint density at radius 3 is 2.54 bits per heavy atom. The van der Waals surface area contributed by atoms with Crippen LogP contribution in [0.25, 0.3) is 11.3 Å². The van der Waals surface area contributed by atoms with Gasteiger partial charge in [-0.1, -0.05) is 42.1 Å². The van der Waals surface area contributed by atoms with Gasteiger partial charge in [-0.3, -0.25) is 4.79 Å². The molecule has 0 saturated carbocycles. The third-order valence-corrected chi connectivity index (χ3v) is 4.45. The number of nitrogens with one attached hydrogen (secondary N) is 1. The Hall–Kier alpha value is -2.53. The molecule has 122 valence electrons. The van der Waals surface area contributed by atoms with Crippen LogP contribution in [0.3, 0.4) is 0 Å². The predicted octanol–water partition coefficient (Wildman–Crippen LogP) is 3.78. The van der Waals surface area contributed by atoms with Crippen molar-refractivity contribution in [1.29, 1.82) is 0 Å². The van der Waals surface area contributed by atoms with Crippen LogP contribution < -0.4 is 10.3 Å². The first kappa shape index (κ1) is 16.3. The summed E-state index contributed by atoms with van der Waals surface area (Å²) in [6.45, 7) is 0. The Balaban J connectivity index is 1.72. The zero-order valence-electron chi connectivity index (χ0n) is 13.4. The summed E-state index contributed by atoms with van der Waals surface area (Å²) in [5.74, 6) is 1.64. The molecular weight excluding hydrogens is 320 g/mol. The van der Waals surface area contributed by atoms with Crippen LogP contribution in [0.2, 0.25) is 0 Å².